The summed E-state index contributed by atoms with van der Waals surface area (Å²) in [4.78, 5) is 24.6. The van der Waals surface area contributed by atoms with Crippen LogP contribution in [0, 0.1) is 5.41 Å². The van der Waals surface area contributed by atoms with Crippen molar-refractivity contribution in [1.29, 1.82) is 0 Å². The van der Waals surface area contributed by atoms with Crippen LogP contribution in [0.25, 0.3) is 0 Å². The minimum Gasteiger partial charge on any atom is -0.468 e. The molecule has 0 fully saturated rings. The number of esters is 2. The Balaban J connectivity index is 2.85. The van der Waals surface area contributed by atoms with E-state index in [1.54, 1.807) is 0 Å². The maximum absolute atomic E-state index is 12.5. The quantitative estimate of drug-likeness (QED) is 0.543. The van der Waals surface area contributed by atoms with Crippen molar-refractivity contribution < 1.29 is 19.1 Å². The summed E-state index contributed by atoms with van der Waals surface area (Å²) in [6, 6.07) is 9.43. The smallest absolute Gasteiger partial charge is 0.323 e. The van der Waals surface area contributed by atoms with Gasteiger partial charge < -0.3 is 9.47 Å². The van der Waals surface area contributed by atoms with E-state index >= 15 is 0 Å². The highest BCUT2D eigenvalue weighted by Crippen LogP contribution is 2.33. The van der Waals surface area contributed by atoms with Gasteiger partial charge in [-0.3, -0.25) is 9.59 Å². The first-order chi connectivity index (χ1) is 10.1. The zero-order chi connectivity index (χ0) is 15.7. The van der Waals surface area contributed by atoms with Crippen LogP contribution in [0.3, 0.4) is 0 Å². The number of methoxy groups -OCH3 is 1. The van der Waals surface area contributed by atoms with Crippen LogP contribution in [0.15, 0.2) is 30.3 Å². The second kappa shape index (κ2) is 8.45. The van der Waals surface area contributed by atoms with Crippen molar-refractivity contribution >= 4 is 11.9 Å². The van der Waals surface area contributed by atoms with E-state index in [0.29, 0.717) is 12.8 Å². The molecule has 4 heteroatoms. The van der Waals surface area contributed by atoms with Gasteiger partial charge in [0.2, 0.25) is 0 Å². The van der Waals surface area contributed by atoms with Crippen LogP contribution in [0.1, 0.15) is 45.1 Å². The van der Waals surface area contributed by atoms with E-state index in [4.69, 9.17) is 9.47 Å². The summed E-state index contributed by atoms with van der Waals surface area (Å²) in [5.41, 5.74) is -0.273. The molecule has 0 aromatic heterocycles. The van der Waals surface area contributed by atoms with Gasteiger partial charge in [-0.2, -0.15) is 0 Å². The number of ether oxygens (including phenoxy) is 2. The predicted molar refractivity (Wildman–Crippen MR) is 80.5 cm³/mol. The first kappa shape index (κ1) is 17.2. The van der Waals surface area contributed by atoms with Gasteiger partial charge in [-0.15, -0.1) is 0 Å². The molecule has 0 saturated carbocycles. The van der Waals surface area contributed by atoms with Gasteiger partial charge in [0.15, 0.2) is 5.41 Å². The van der Waals surface area contributed by atoms with Crippen LogP contribution in [0.4, 0.5) is 0 Å². The lowest BCUT2D eigenvalue weighted by atomic mass is 9.79. The Hall–Kier alpha value is -1.84. The number of carbonyl (C=O) groups excluding carboxylic acids is 2. The van der Waals surface area contributed by atoms with Crippen molar-refractivity contribution in [2.75, 3.05) is 7.11 Å². The lowest BCUT2D eigenvalue weighted by Crippen LogP contribution is -2.41. The topological polar surface area (TPSA) is 52.6 Å². The number of carbonyl (C=O) groups is 2. The summed E-state index contributed by atoms with van der Waals surface area (Å²) < 4.78 is 10.2. The minimum atomic E-state index is -1.17. The molecule has 0 heterocycles. The van der Waals surface area contributed by atoms with Crippen molar-refractivity contribution in [2.45, 2.75) is 46.1 Å². The average molecular weight is 292 g/mol. The second-order valence-corrected chi connectivity index (χ2v) is 5.14. The first-order valence-electron chi connectivity index (χ1n) is 7.40. The van der Waals surface area contributed by atoms with Gasteiger partial charge in [-0.05, 0) is 18.4 Å². The molecule has 0 saturated heterocycles. The SMILES string of the molecule is CCCC(CCC)(C(=O)OC)C(=O)OCc1ccccc1. The highest BCUT2D eigenvalue weighted by molar-refractivity contribution is 6.00. The van der Waals surface area contributed by atoms with E-state index in [2.05, 4.69) is 0 Å². The van der Waals surface area contributed by atoms with Crippen molar-refractivity contribution in [2.24, 2.45) is 5.41 Å². The maximum Gasteiger partial charge on any atom is 0.323 e. The molecule has 0 atom stereocenters. The molecule has 0 bridgehead atoms. The molecule has 4 nitrogen and oxygen atoms in total. The summed E-state index contributed by atoms with van der Waals surface area (Å²) in [5, 5.41) is 0. The summed E-state index contributed by atoms with van der Waals surface area (Å²) in [7, 11) is 1.31. The van der Waals surface area contributed by atoms with Gasteiger partial charge in [-0.25, -0.2) is 0 Å². The standard InChI is InChI=1S/C17H24O4/c1-4-11-17(12-5-2,15(18)20-3)16(19)21-13-14-9-7-6-8-10-14/h6-10H,4-5,11-13H2,1-3H3. The number of rotatable bonds is 8. The van der Waals surface area contributed by atoms with Crippen LogP contribution in [0.2, 0.25) is 0 Å². The Labute approximate surface area is 126 Å². The van der Waals surface area contributed by atoms with E-state index in [9.17, 15) is 9.59 Å². The predicted octanol–water partition coefficient (Wildman–Crippen LogP) is 3.49. The van der Waals surface area contributed by atoms with E-state index in [-0.39, 0.29) is 6.61 Å². The molecule has 0 aliphatic rings. The molecule has 1 aromatic rings. The van der Waals surface area contributed by atoms with Gasteiger partial charge in [0.1, 0.15) is 6.61 Å². The molecule has 0 aliphatic carbocycles. The normalized spacial score (nSPS) is 11.0. The Morgan fingerprint density at radius 1 is 1.00 bits per heavy atom. The summed E-state index contributed by atoms with van der Waals surface area (Å²) in [6.45, 7) is 4.06. The molecular weight excluding hydrogens is 268 g/mol. The molecule has 0 unspecified atom stereocenters. The lowest BCUT2D eigenvalue weighted by molar-refractivity contribution is -0.173. The van der Waals surface area contributed by atoms with Crippen LogP contribution in [-0.4, -0.2) is 19.0 Å². The van der Waals surface area contributed by atoms with E-state index in [1.165, 1.54) is 7.11 Å². The minimum absolute atomic E-state index is 0.172. The third-order valence-electron chi connectivity index (χ3n) is 3.53. The largest absolute Gasteiger partial charge is 0.468 e. The highest BCUT2D eigenvalue weighted by Gasteiger charge is 2.47. The van der Waals surface area contributed by atoms with E-state index in [0.717, 1.165) is 18.4 Å². The molecular formula is C17H24O4. The van der Waals surface area contributed by atoms with Gasteiger partial charge in [0.05, 0.1) is 7.11 Å². The third-order valence-corrected chi connectivity index (χ3v) is 3.53. The number of hydrogen-bond acceptors (Lipinski definition) is 4. The molecule has 1 aromatic carbocycles. The Bertz CT molecular complexity index is 447. The summed E-state index contributed by atoms with van der Waals surface area (Å²) in [5.74, 6) is -0.980. The highest BCUT2D eigenvalue weighted by atomic mass is 16.6. The second-order valence-electron chi connectivity index (χ2n) is 5.14. The lowest BCUT2D eigenvalue weighted by Gasteiger charge is -2.28. The summed E-state index contributed by atoms with van der Waals surface area (Å²) in [6.07, 6.45) is 2.33. The molecule has 0 aliphatic heterocycles. The first-order valence-corrected chi connectivity index (χ1v) is 7.40. The maximum atomic E-state index is 12.5. The van der Waals surface area contributed by atoms with E-state index in [1.807, 2.05) is 44.2 Å². The van der Waals surface area contributed by atoms with E-state index < -0.39 is 17.4 Å². The van der Waals surface area contributed by atoms with Crippen molar-refractivity contribution in [3.63, 3.8) is 0 Å². The molecule has 0 N–H and O–H groups in total. The molecule has 21 heavy (non-hydrogen) atoms. The average Bonchev–Trinajstić information content (AvgIpc) is 2.52. The third kappa shape index (κ3) is 4.31. The summed E-state index contributed by atoms with van der Waals surface area (Å²) >= 11 is 0. The van der Waals surface area contributed by atoms with Gasteiger partial charge in [0, 0.05) is 0 Å². The molecule has 0 spiro atoms. The number of hydrogen-bond donors (Lipinski definition) is 0. The van der Waals surface area contributed by atoms with Crippen LogP contribution in [-0.2, 0) is 25.7 Å². The van der Waals surface area contributed by atoms with Crippen molar-refractivity contribution in [3.8, 4) is 0 Å². The fourth-order valence-corrected chi connectivity index (χ4v) is 2.53. The Morgan fingerprint density at radius 3 is 2.05 bits per heavy atom. The van der Waals surface area contributed by atoms with Crippen LogP contribution >= 0.6 is 0 Å². The zero-order valence-electron chi connectivity index (χ0n) is 13.1. The van der Waals surface area contributed by atoms with Gasteiger partial charge in [0.25, 0.3) is 0 Å². The molecule has 116 valence electrons. The fraction of sp³-hybridized carbons (Fsp3) is 0.529. The Morgan fingerprint density at radius 2 is 1.57 bits per heavy atom. The Kier molecular flexibility index (Phi) is 6.92. The fourth-order valence-electron chi connectivity index (χ4n) is 2.53. The van der Waals surface area contributed by atoms with Crippen molar-refractivity contribution in [3.05, 3.63) is 35.9 Å². The monoisotopic (exact) mass is 292 g/mol. The molecule has 1 rings (SSSR count). The van der Waals surface area contributed by atoms with Crippen LogP contribution in [0.5, 0.6) is 0 Å². The van der Waals surface area contributed by atoms with Gasteiger partial charge >= 0.3 is 11.9 Å². The van der Waals surface area contributed by atoms with Gasteiger partial charge in [-0.1, -0.05) is 57.0 Å². The molecule has 0 amide bonds. The molecule has 0 radical (unpaired) electrons. The zero-order valence-corrected chi connectivity index (χ0v) is 13.1. The number of benzene rings is 1. The van der Waals surface area contributed by atoms with Crippen LogP contribution < -0.4 is 0 Å². The van der Waals surface area contributed by atoms with Crippen molar-refractivity contribution in [1.82, 2.24) is 0 Å².